The smallest absolute Gasteiger partial charge is 0.0239 e. The van der Waals surface area contributed by atoms with Gasteiger partial charge in [-0.1, -0.05) is 36.8 Å². The average Bonchev–Trinajstić information content (AvgIpc) is 2.32. The highest BCUT2D eigenvalue weighted by Crippen LogP contribution is 2.34. The Labute approximate surface area is 104 Å². The highest BCUT2D eigenvalue weighted by Gasteiger charge is 2.36. The second kappa shape index (κ2) is 4.79. The Hall–Kier alpha value is -0.860. The number of hydrogen-bond acceptors (Lipinski definition) is 2. The zero-order valence-corrected chi connectivity index (χ0v) is 10.4. The van der Waals surface area contributed by atoms with Crippen LogP contribution in [-0.2, 0) is 6.54 Å². The summed E-state index contributed by atoms with van der Waals surface area (Å²) >= 11 is 0. The number of nitrogens with two attached hydrogens (primary N) is 1. The SMILES string of the molecule is NC1C[C@H]2CCC[C@@H](C1)N2Cc1ccccc1. The molecule has 0 aliphatic carbocycles. The molecule has 0 aromatic heterocycles. The molecule has 2 nitrogen and oxygen atoms in total. The third kappa shape index (κ3) is 2.38. The van der Waals surface area contributed by atoms with Crippen molar-refractivity contribution >= 4 is 0 Å². The van der Waals surface area contributed by atoms with E-state index in [0.717, 1.165) is 18.6 Å². The van der Waals surface area contributed by atoms with E-state index in [1.54, 1.807) is 0 Å². The maximum Gasteiger partial charge on any atom is 0.0239 e. The molecule has 2 aliphatic rings. The van der Waals surface area contributed by atoms with Crippen LogP contribution in [0.15, 0.2) is 30.3 Å². The summed E-state index contributed by atoms with van der Waals surface area (Å²) in [6, 6.07) is 12.8. The number of benzene rings is 1. The zero-order chi connectivity index (χ0) is 11.7. The second-order valence-electron chi connectivity index (χ2n) is 5.63. The number of hydrogen-bond donors (Lipinski definition) is 1. The lowest BCUT2D eigenvalue weighted by molar-refractivity contribution is 0.0245. The summed E-state index contributed by atoms with van der Waals surface area (Å²) in [5.41, 5.74) is 7.60. The number of rotatable bonds is 2. The molecule has 2 saturated heterocycles. The molecule has 17 heavy (non-hydrogen) atoms. The van der Waals surface area contributed by atoms with Gasteiger partial charge in [0.15, 0.2) is 0 Å². The van der Waals surface area contributed by atoms with Gasteiger partial charge in [-0.15, -0.1) is 0 Å². The second-order valence-corrected chi connectivity index (χ2v) is 5.63. The van der Waals surface area contributed by atoms with Crippen LogP contribution < -0.4 is 5.73 Å². The monoisotopic (exact) mass is 230 g/mol. The first-order valence-corrected chi connectivity index (χ1v) is 6.88. The first kappa shape index (κ1) is 11.2. The van der Waals surface area contributed by atoms with Crippen LogP contribution in [0.2, 0.25) is 0 Å². The lowest BCUT2D eigenvalue weighted by Crippen LogP contribution is -2.54. The number of nitrogens with zero attached hydrogens (tertiary/aromatic N) is 1. The van der Waals surface area contributed by atoms with Gasteiger partial charge in [0.2, 0.25) is 0 Å². The van der Waals surface area contributed by atoms with Crippen LogP contribution in [-0.4, -0.2) is 23.0 Å². The molecule has 1 aromatic carbocycles. The van der Waals surface area contributed by atoms with Crippen molar-refractivity contribution in [2.24, 2.45) is 5.73 Å². The van der Waals surface area contributed by atoms with E-state index in [-0.39, 0.29) is 0 Å². The first-order valence-electron chi connectivity index (χ1n) is 6.88. The summed E-state index contributed by atoms with van der Waals surface area (Å²) in [6.07, 6.45) is 6.48. The molecule has 92 valence electrons. The van der Waals surface area contributed by atoms with Gasteiger partial charge in [0.1, 0.15) is 0 Å². The molecule has 2 aliphatic heterocycles. The van der Waals surface area contributed by atoms with E-state index < -0.39 is 0 Å². The zero-order valence-electron chi connectivity index (χ0n) is 10.4. The third-order valence-corrected chi connectivity index (χ3v) is 4.37. The Kier molecular flexibility index (Phi) is 3.17. The molecule has 3 atom stereocenters. The molecule has 2 heterocycles. The van der Waals surface area contributed by atoms with E-state index in [0.29, 0.717) is 6.04 Å². The maximum absolute atomic E-state index is 6.15. The van der Waals surface area contributed by atoms with Crippen molar-refractivity contribution < 1.29 is 0 Å². The van der Waals surface area contributed by atoms with Gasteiger partial charge in [-0.2, -0.15) is 0 Å². The molecular weight excluding hydrogens is 208 g/mol. The normalized spacial score (nSPS) is 33.6. The van der Waals surface area contributed by atoms with Gasteiger partial charge in [-0.25, -0.2) is 0 Å². The van der Waals surface area contributed by atoms with Crippen molar-refractivity contribution in [2.75, 3.05) is 0 Å². The van der Waals surface area contributed by atoms with E-state index in [1.807, 2.05) is 0 Å². The molecule has 2 fully saturated rings. The summed E-state index contributed by atoms with van der Waals surface area (Å²) in [4.78, 5) is 2.71. The Balaban J connectivity index is 1.74. The third-order valence-electron chi connectivity index (χ3n) is 4.37. The van der Waals surface area contributed by atoms with Gasteiger partial charge in [-0.05, 0) is 31.2 Å². The van der Waals surface area contributed by atoms with Crippen LogP contribution >= 0.6 is 0 Å². The average molecular weight is 230 g/mol. The van der Waals surface area contributed by atoms with E-state index in [2.05, 4.69) is 35.2 Å². The largest absolute Gasteiger partial charge is 0.328 e. The number of fused-ring (bicyclic) bond motifs is 2. The predicted octanol–water partition coefficient (Wildman–Crippen LogP) is 2.53. The molecule has 1 unspecified atom stereocenters. The van der Waals surface area contributed by atoms with Crippen molar-refractivity contribution in [3.63, 3.8) is 0 Å². The Morgan fingerprint density at radius 2 is 1.71 bits per heavy atom. The maximum atomic E-state index is 6.15. The van der Waals surface area contributed by atoms with E-state index >= 15 is 0 Å². The fourth-order valence-corrected chi connectivity index (χ4v) is 3.57. The molecule has 2 bridgehead atoms. The summed E-state index contributed by atoms with van der Waals surface area (Å²) < 4.78 is 0. The molecule has 2 N–H and O–H groups in total. The van der Waals surface area contributed by atoms with E-state index in [1.165, 1.54) is 37.7 Å². The standard InChI is InChI=1S/C15H22N2/c16-13-9-14-7-4-8-15(10-13)17(14)11-12-5-2-1-3-6-12/h1-3,5-6,13-15H,4,7-11,16H2/t13?,14-,15+. The minimum absolute atomic E-state index is 0.442. The fourth-order valence-electron chi connectivity index (χ4n) is 3.57. The molecule has 2 heteroatoms. The van der Waals surface area contributed by atoms with Crippen LogP contribution in [0.3, 0.4) is 0 Å². The topological polar surface area (TPSA) is 29.3 Å². The minimum atomic E-state index is 0.442. The van der Waals surface area contributed by atoms with Gasteiger partial charge in [0.05, 0.1) is 0 Å². The van der Waals surface area contributed by atoms with Gasteiger partial charge in [0, 0.05) is 24.7 Å². The van der Waals surface area contributed by atoms with Gasteiger partial charge in [0.25, 0.3) is 0 Å². The summed E-state index contributed by atoms with van der Waals surface area (Å²) in [5, 5.41) is 0. The first-order chi connectivity index (χ1) is 8.33. The van der Waals surface area contributed by atoms with Crippen molar-refractivity contribution in [3.05, 3.63) is 35.9 Å². The van der Waals surface area contributed by atoms with Crippen LogP contribution in [0, 0.1) is 0 Å². The van der Waals surface area contributed by atoms with Crippen molar-refractivity contribution in [3.8, 4) is 0 Å². The molecule has 3 rings (SSSR count). The van der Waals surface area contributed by atoms with Gasteiger partial charge in [-0.3, -0.25) is 4.90 Å². The molecule has 0 spiro atoms. The lowest BCUT2D eigenvalue weighted by Gasteiger charge is -2.48. The number of piperidine rings is 2. The van der Waals surface area contributed by atoms with E-state index in [9.17, 15) is 0 Å². The van der Waals surface area contributed by atoms with Gasteiger partial charge < -0.3 is 5.73 Å². The molecule has 0 amide bonds. The Morgan fingerprint density at radius 3 is 2.35 bits per heavy atom. The molecule has 0 saturated carbocycles. The molecular formula is C15H22N2. The lowest BCUT2D eigenvalue weighted by atomic mass is 9.82. The van der Waals surface area contributed by atoms with E-state index in [4.69, 9.17) is 5.73 Å². The quantitative estimate of drug-likeness (QED) is 0.846. The van der Waals surface area contributed by atoms with Crippen LogP contribution in [0.1, 0.15) is 37.7 Å². The summed E-state index contributed by atoms with van der Waals surface area (Å²) in [6.45, 7) is 1.11. The highest BCUT2D eigenvalue weighted by atomic mass is 15.2. The van der Waals surface area contributed by atoms with Crippen molar-refractivity contribution in [1.82, 2.24) is 4.90 Å². The van der Waals surface area contributed by atoms with Crippen molar-refractivity contribution in [2.45, 2.75) is 56.8 Å². The Morgan fingerprint density at radius 1 is 1.06 bits per heavy atom. The summed E-state index contributed by atoms with van der Waals surface area (Å²) in [7, 11) is 0. The van der Waals surface area contributed by atoms with Crippen LogP contribution in [0.4, 0.5) is 0 Å². The fraction of sp³-hybridized carbons (Fsp3) is 0.600. The predicted molar refractivity (Wildman–Crippen MR) is 70.6 cm³/mol. The van der Waals surface area contributed by atoms with Crippen molar-refractivity contribution in [1.29, 1.82) is 0 Å². The molecule has 1 aromatic rings. The summed E-state index contributed by atoms with van der Waals surface area (Å²) in [5.74, 6) is 0. The van der Waals surface area contributed by atoms with Crippen LogP contribution in [0.25, 0.3) is 0 Å². The highest BCUT2D eigenvalue weighted by molar-refractivity contribution is 5.15. The minimum Gasteiger partial charge on any atom is -0.328 e. The Bertz CT molecular complexity index is 348. The molecule has 0 radical (unpaired) electrons. The van der Waals surface area contributed by atoms with Crippen LogP contribution in [0.5, 0.6) is 0 Å². The van der Waals surface area contributed by atoms with Gasteiger partial charge >= 0.3 is 0 Å².